The summed E-state index contributed by atoms with van der Waals surface area (Å²) in [6.45, 7) is 8.12. The van der Waals surface area contributed by atoms with Crippen molar-refractivity contribution in [3.8, 4) is 0 Å². The summed E-state index contributed by atoms with van der Waals surface area (Å²) < 4.78 is 5.09. The van der Waals surface area contributed by atoms with Crippen LogP contribution in [0.5, 0.6) is 0 Å². The Morgan fingerprint density at radius 3 is 2.25 bits per heavy atom. The van der Waals surface area contributed by atoms with E-state index in [1.54, 1.807) is 0 Å². The Morgan fingerprint density at radius 2 is 1.92 bits per heavy atom. The van der Waals surface area contributed by atoms with E-state index < -0.39 is 0 Å². The Kier molecular flexibility index (Phi) is 2.24. The van der Waals surface area contributed by atoms with Crippen LogP contribution in [0, 0.1) is 13.8 Å². The van der Waals surface area contributed by atoms with Crippen molar-refractivity contribution in [2.24, 2.45) is 0 Å². The van der Waals surface area contributed by atoms with Crippen LogP contribution in [0.3, 0.4) is 0 Å². The van der Waals surface area contributed by atoms with E-state index in [0.29, 0.717) is 0 Å². The van der Waals surface area contributed by atoms with Crippen LogP contribution in [0.2, 0.25) is 0 Å². The summed E-state index contributed by atoms with van der Waals surface area (Å²) in [7, 11) is 1.94. The van der Waals surface area contributed by atoms with Crippen LogP contribution in [-0.4, -0.2) is 12.2 Å². The van der Waals surface area contributed by atoms with Crippen molar-refractivity contribution >= 4 is 0 Å². The van der Waals surface area contributed by atoms with Gasteiger partial charge in [-0.1, -0.05) is 5.16 Å². The second-order valence-corrected chi connectivity index (χ2v) is 3.57. The number of hydrogen-bond donors (Lipinski definition) is 1. The van der Waals surface area contributed by atoms with Crippen molar-refractivity contribution in [3.63, 3.8) is 0 Å². The van der Waals surface area contributed by atoms with E-state index in [2.05, 4.69) is 24.3 Å². The molecule has 0 aliphatic heterocycles. The minimum atomic E-state index is -0.0613. The molecule has 0 unspecified atom stereocenters. The van der Waals surface area contributed by atoms with Gasteiger partial charge in [0.25, 0.3) is 0 Å². The third-order valence-electron chi connectivity index (χ3n) is 2.28. The molecule has 3 heteroatoms. The molecule has 0 spiro atoms. The Balaban J connectivity index is 3.17. The molecule has 1 rings (SSSR count). The standard InChI is InChI=1S/C9H16N2O/c1-6-8(7(2)12-11-6)9(3,4)10-5/h10H,1-5H3. The van der Waals surface area contributed by atoms with Crippen LogP contribution in [-0.2, 0) is 5.54 Å². The summed E-state index contributed by atoms with van der Waals surface area (Å²) in [5.74, 6) is 0.895. The highest BCUT2D eigenvalue weighted by Gasteiger charge is 2.25. The molecule has 0 bridgehead atoms. The lowest BCUT2D eigenvalue weighted by Gasteiger charge is -2.23. The highest BCUT2D eigenvalue weighted by atomic mass is 16.5. The minimum Gasteiger partial charge on any atom is -0.361 e. The Labute approximate surface area is 73.1 Å². The van der Waals surface area contributed by atoms with Crippen molar-refractivity contribution in [2.45, 2.75) is 33.2 Å². The topological polar surface area (TPSA) is 38.1 Å². The van der Waals surface area contributed by atoms with Crippen LogP contribution in [0.25, 0.3) is 0 Å². The van der Waals surface area contributed by atoms with Crippen LogP contribution >= 0.6 is 0 Å². The first-order valence-electron chi connectivity index (χ1n) is 4.11. The maximum absolute atomic E-state index is 5.09. The molecule has 0 aliphatic rings. The Bertz CT molecular complexity index is 257. The smallest absolute Gasteiger partial charge is 0.138 e. The molecule has 68 valence electrons. The summed E-state index contributed by atoms with van der Waals surface area (Å²) in [6.07, 6.45) is 0. The quantitative estimate of drug-likeness (QED) is 0.731. The van der Waals surface area contributed by atoms with E-state index in [-0.39, 0.29) is 5.54 Å². The van der Waals surface area contributed by atoms with Crippen LogP contribution in [0.4, 0.5) is 0 Å². The zero-order valence-electron chi connectivity index (χ0n) is 8.36. The van der Waals surface area contributed by atoms with Gasteiger partial charge in [0.2, 0.25) is 0 Å². The van der Waals surface area contributed by atoms with Gasteiger partial charge in [0.05, 0.1) is 5.69 Å². The molecule has 3 nitrogen and oxygen atoms in total. The van der Waals surface area contributed by atoms with E-state index in [1.165, 1.54) is 0 Å². The average molecular weight is 168 g/mol. The van der Waals surface area contributed by atoms with Gasteiger partial charge in [0, 0.05) is 11.1 Å². The molecule has 0 radical (unpaired) electrons. The van der Waals surface area contributed by atoms with E-state index in [0.717, 1.165) is 17.0 Å². The second kappa shape index (κ2) is 2.90. The third kappa shape index (κ3) is 1.37. The van der Waals surface area contributed by atoms with Crippen molar-refractivity contribution in [1.29, 1.82) is 0 Å². The molecule has 1 heterocycles. The first-order valence-corrected chi connectivity index (χ1v) is 4.11. The maximum atomic E-state index is 5.09. The molecule has 12 heavy (non-hydrogen) atoms. The van der Waals surface area contributed by atoms with Crippen molar-refractivity contribution in [1.82, 2.24) is 10.5 Å². The number of nitrogens with zero attached hydrogens (tertiary/aromatic N) is 1. The molecule has 0 saturated heterocycles. The lowest BCUT2D eigenvalue weighted by Crippen LogP contribution is -2.34. The summed E-state index contributed by atoms with van der Waals surface area (Å²) in [5, 5.41) is 7.14. The monoisotopic (exact) mass is 168 g/mol. The summed E-state index contributed by atoms with van der Waals surface area (Å²) in [4.78, 5) is 0. The molecule has 0 aromatic carbocycles. The van der Waals surface area contributed by atoms with Crippen molar-refractivity contribution < 1.29 is 4.52 Å². The average Bonchev–Trinajstić information content (AvgIpc) is 2.31. The van der Waals surface area contributed by atoms with E-state index in [4.69, 9.17) is 4.52 Å². The predicted molar refractivity (Wildman–Crippen MR) is 48.1 cm³/mol. The van der Waals surface area contributed by atoms with E-state index >= 15 is 0 Å². The lowest BCUT2D eigenvalue weighted by molar-refractivity contribution is 0.382. The molecule has 1 aromatic rings. The maximum Gasteiger partial charge on any atom is 0.138 e. The third-order valence-corrected chi connectivity index (χ3v) is 2.28. The van der Waals surface area contributed by atoms with Crippen LogP contribution < -0.4 is 5.32 Å². The van der Waals surface area contributed by atoms with Crippen LogP contribution in [0.1, 0.15) is 30.9 Å². The lowest BCUT2D eigenvalue weighted by atomic mass is 9.93. The highest BCUT2D eigenvalue weighted by molar-refractivity contribution is 5.28. The number of rotatable bonds is 2. The zero-order chi connectivity index (χ0) is 9.35. The molecule has 1 aromatic heterocycles. The summed E-state index contributed by atoms with van der Waals surface area (Å²) in [6, 6.07) is 0. The second-order valence-electron chi connectivity index (χ2n) is 3.57. The number of aryl methyl sites for hydroxylation is 2. The zero-order valence-corrected chi connectivity index (χ0v) is 8.36. The minimum absolute atomic E-state index is 0.0613. The molecular weight excluding hydrogens is 152 g/mol. The van der Waals surface area contributed by atoms with Gasteiger partial charge in [0.15, 0.2) is 0 Å². The molecule has 0 amide bonds. The van der Waals surface area contributed by atoms with Gasteiger partial charge >= 0.3 is 0 Å². The first-order chi connectivity index (χ1) is 5.49. The molecule has 0 fully saturated rings. The van der Waals surface area contributed by atoms with Gasteiger partial charge in [-0.3, -0.25) is 0 Å². The fourth-order valence-electron chi connectivity index (χ4n) is 1.50. The number of hydrogen-bond acceptors (Lipinski definition) is 3. The summed E-state index contributed by atoms with van der Waals surface area (Å²) >= 11 is 0. The van der Waals surface area contributed by atoms with E-state index in [1.807, 2.05) is 20.9 Å². The first kappa shape index (κ1) is 9.26. The normalized spacial score (nSPS) is 12.1. The van der Waals surface area contributed by atoms with E-state index in [9.17, 15) is 0 Å². The largest absolute Gasteiger partial charge is 0.361 e. The molecule has 0 aliphatic carbocycles. The molecule has 0 saturated carbocycles. The van der Waals surface area contributed by atoms with Crippen molar-refractivity contribution in [3.05, 3.63) is 17.0 Å². The van der Waals surface area contributed by atoms with Gasteiger partial charge in [0.1, 0.15) is 5.76 Å². The van der Waals surface area contributed by atoms with Crippen molar-refractivity contribution in [2.75, 3.05) is 7.05 Å². The van der Waals surface area contributed by atoms with Gasteiger partial charge < -0.3 is 9.84 Å². The predicted octanol–water partition coefficient (Wildman–Crippen LogP) is 1.75. The van der Waals surface area contributed by atoms with Crippen LogP contribution in [0.15, 0.2) is 4.52 Å². The van der Waals surface area contributed by atoms with Gasteiger partial charge in [-0.15, -0.1) is 0 Å². The number of nitrogens with one attached hydrogen (secondary N) is 1. The summed E-state index contributed by atoms with van der Waals surface area (Å²) in [5.41, 5.74) is 2.06. The Hall–Kier alpha value is -0.830. The fraction of sp³-hybridized carbons (Fsp3) is 0.667. The van der Waals surface area contributed by atoms with Gasteiger partial charge in [-0.25, -0.2) is 0 Å². The highest BCUT2D eigenvalue weighted by Crippen LogP contribution is 2.25. The Morgan fingerprint density at radius 1 is 1.33 bits per heavy atom. The fourth-order valence-corrected chi connectivity index (χ4v) is 1.50. The molecule has 0 atom stereocenters. The molecular formula is C9H16N2O. The SMILES string of the molecule is CNC(C)(C)c1c(C)noc1C. The molecule has 1 N–H and O–H groups in total. The number of aromatic nitrogens is 1. The van der Waals surface area contributed by atoms with Gasteiger partial charge in [-0.05, 0) is 34.7 Å². The van der Waals surface area contributed by atoms with Gasteiger partial charge in [-0.2, -0.15) is 0 Å².